The number of carboxylic acid groups (broad SMARTS) is 1. The van der Waals surface area contributed by atoms with E-state index in [9.17, 15) is 4.79 Å². The summed E-state index contributed by atoms with van der Waals surface area (Å²) in [5.41, 5.74) is 6.53. The Hall–Kier alpha value is -2.30. The van der Waals surface area contributed by atoms with Crippen LogP contribution in [0, 0.1) is 0 Å². The third kappa shape index (κ3) is 2.44. The van der Waals surface area contributed by atoms with E-state index in [1.807, 2.05) is 18.2 Å². The largest absolute Gasteiger partial charge is 0.481 e. The summed E-state index contributed by atoms with van der Waals surface area (Å²) in [5, 5.41) is 13.4. The molecule has 0 fully saturated rings. The number of pyridine rings is 1. The molecule has 0 aliphatic heterocycles. The van der Waals surface area contributed by atoms with E-state index in [1.54, 1.807) is 12.3 Å². The molecule has 0 aliphatic rings. The Labute approximate surface area is 98.3 Å². The molecule has 0 saturated carbocycles. The van der Waals surface area contributed by atoms with Crippen molar-refractivity contribution in [3.63, 3.8) is 0 Å². The van der Waals surface area contributed by atoms with Crippen LogP contribution in [0.4, 0.5) is 11.5 Å². The van der Waals surface area contributed by atoms with E-state index in [0.29, 0.717) is 18.1 Å². The number of carbonyl (C=O) groups is 1. The maximum absolute atomic E-state index is 10.4. The van der Waals surface area contributed by atoms with Gasteiger partial charge in [0.05, 0.1) is 6.42 Å². The minimum atomic E-state index is -0.842. The number of benzene rings is 1. The first-order valence-corrected chi connectivity index (χ1v) is 5.27. The van der Waals surface area contributed by atoms with Gasteiger partial charge in [-0.25, -0.2) is 4.98 Å². The number of nitrogens with zero attached hydrogens (tertiary/aromatic N) is 1. The first-order valence-electron chi connectivity index (χ1n) is 5.27. The fourth-order valence-corrected chi connectivity index (χ4v) is 1.68. The second-order valence-electron chi connectivity index (χ2n) is 3.68. The van der Waals surface area contributed by atoms with Gasteiger partial charge in [0.15, 0.2) is 0 Å². The minimum absolute atomic E-state index is 0.0464. The maximum atomic E-state index is 10.4. The highest BCUT2D eigenvalue weighted by atomic mass is 16.4. The van der Waals surface area contributed by atoms with Gasteiger partial charge in [0, 0.05) is 23.8 Å². The van der Waals surface area contributed by atoms with E-state index in [4.69, 9.17) is 10.8 Å². The number of aromatic nitrogens is 1. The highest BCUT2D eigenvalue weighted by molar-refractivity contribution is 6.00. The standard InChI is InChI=1S/C12H13N3O2/c13-9-3-1-2-8-4-6-14-12(11(8)9)15-7-5-10(16)17/h1-4,6H,5,7,13H2,(H,14,15)(H,16,17). The van der Waals surface area contributed by atoms with Crippen LogP contribution in [-0.2, 0) is 4.79 Å². The Balaban J connectivity index is 2.30. The zero-order valence-electron chi connectivity index (χ0n) is 9.18. The van der Waals surface area contributed by atoms with Gasteiger partial charge in [-0.05, 0) is 17.5 Å². The average Bonchev–Trinajstić information content (AvgIpc) is 2.29. The zero-order valence-corrected chi connectivity index (χ0v) is 9.18. The summed E-state index contributed by atoms with van der Waals surface area (Å²) in [6, 6.07) is 7.48. The van der Waals surface area contributed by atoms with Crippen molar-refractivity contribution in [1.82, 2.24) is 4.98 Å². The molecule has 0 unspecified atom stereocenters. The first kappa shape index (κ1) is 11.2. The van der Waals surface area contributed by atoms with Gasteiger partial charge in [-0.15, -0.1) is 0 Å². The van der Waals surface area contributed by atoms with Gasteiger partial charge < -0.3 is 16.2 Å². The van der Waals surface area contributed by atoms with Gasteiger partial charge in [-0.1, -0.05) is 12.1 Å². The molecule has 1 aromatic heterocycles. The summed E-state index contributed by atoms with van der Waals surface area (Å²) in [6.07, 6.45) is 1.72. The number of hydrogen-bond acceptors (Lipinski definition) is 4. The number of nitrogens with one attached hydrogen (secondary N) is 1. The molecule has 2 aromatic rings. The molecule has 0 atom stereocenters. The van der Waals surface area contributed by atoms with Crippen LogP contribution in [0.2, 0.25) is 0 Å². The van der Waals surface area contributed by atoms with Gasteiger partial charge in [0.2, 0.25) is 0 Å². The molecule has 5 heteroatoms. The maximum Gasteiger partial charge on any atom is 0.305 e. The highest BCUT2D eigenvalue weighted by Crippen LogP contribution is 2.26. The van der Waals surface area contributed by atoms with Crippen molar-refractivity contribution >= 4 is 28.2 Å². The summed E-state index contributed by atoms with van der Waals surface area (Å²) in [6.45, 7) is 0.329. The molecule has 5 nitrogen and oxygen atoms in total. The summed E-state index contributed by atoms with van der Waals surface area (Å²) in [7, 11) is 0. The van der Waals surface area contributed by atoms with E-state index in [1.165, 1.54) is 0 Å². The van der Waals surface area contributed by atoms with Crippen molar-refractivity contribution in [2.24, 2.45) is 0 Å². The molecule has 0 spiro atoms. The summed E-state index contributed by atoms with van der Waals surface area (Å²) < 4.78 is 0. The smallest absolute Gasteiger partial charge is 0.305 e. The van der Waals surface area contributed by atoms with Crippen molar-refractivity contribution in [3.05, 3.63) is 30.5 Å². The summed E-state index contributed by atoms with van der Waals surface area (Å²) in [5.74, 6) is -0.215. The monoisotopic (exact) mass is 231 g/mol. The van der Waals surface area contributed by atoms with Gasteiger partial charge >= 0.3 is 5.97 Å². The van der Waals surface area contributed by atoms with Gasteiger partial charge in [-0.2, -0.15) is 0 Å². The Morgan fingerprint density at radius 3 is 3.00 bits per heavy atom. The van der Waals surface area contributed by atoms with Crippen molar-refractivity contribution in [3.8, 4) is 0 Å². The lowest BCUT2D eigenvalue weighted by molar-refractivity contribution is -0.136. The second-order valence-corrected chi connectivity index (χ2v) is 3.68. The van der Waals surface area contributed by atoms with Crippen LogP contribution in [0.5, 0.6) is 0 Å². The highest BCUT2D eigenvalue weighted by Gasteiger charge is 2.05. The SMILES string of the molecule is Nc1cccc2ccnc(NCCC(=O)O)c12. The number of anilines is 2. The molecule has 0 aliphatic carbocycles. The summed E-state index contributed by atoms with van der Waals surface area (Å²) in [4.78, 5) is 14.6. The van der Waals surface area contributed by atoms with Crippen molar-refractivity contribution < 1.29 is 9.90 Å². The van der Waals surface area contributed by atoms with E-state index < -0.39 is 5.97 Å². The van der Waals surface area contributed by atoms with E-state index >= 15 is 0 Å². The topological polar surface area (TPSA) is 88.2 Å². The van der Waals surface area contributed by atoms with Crippen LogP contribution in [0.3, 0.4) is 0 Å². The fourth-order valence-electron chi connectivity index (χ4n) is 1.68. The third-order valence-corrected chi connectivity index (χ3v) is 2.45. The number of nitrogen functional groups attached to an aromatic ring is 1. The Kier molecular flexibility index (Phi) is 3.09. The molecular weight excluding hydrogens is 218 g/mol. The van der Waals surface area contributed by atoms with Crippen LogP contribution >= 0.6 is 0 Å². The predicted molar refractivity (Wildman–Crippen MR) is 66.9 cm³/mol. The quantitative estimate of drug-likeness (QED) is 0.697. The van der Waals surface area contributed by atoms with Crippen LogP contribution < -0.4 is 11.1 Å². The molecule has 2 rings (SSSR count). The lowest BCUT2D eigenvalue weighted by Crippen LogP contribution is -2.09. The van der Waals surface area contributed by atoms with Crippen molar-refractivity contribution in [2.75, 3.05) is 17.6 Å². The number of aliphatic carboxylic acids is 1. The molecule has 1 aromatic carbocycles. The Morgan fingerprint density at radius 1 is 1.41 bits per heavy atom. The number of carboxylic acids is 1. The van der Waals surface area contributed by atoms with E-state index in [2.05, 4.69) is 10.3 Å². The molecule has 4 N–H and O–H groups in total. The number of fused-ring (bicyclic) bond motifs is 1. The first-order chi connectivity index (χ1) is 8.18. The van der Waals surface area contributed by atoms with Gasteiger partial charge in [0.25, 0.3) is 0 Å². The molecule has 0 bridgehead atoms. The molecule has 0 radical (unpaired) electrons. The second kappa shape index (κ2) is 4.69. The molecule has 0 amide bonds. The fraction of sp³-hybridized carbons (Fsp3) is 0.167. The zero-order chi connectivity index (χ0) is 12.3. The Morgan fingerprint density at radius 2 is 2.24 bits per heavy atom. The van der Waals surface area contributed by atoms with Crippen LogP contribution in [0.25, 0.3) is 10.8 Å². The Bertz CT molecular complexity index is 549. The normalized spacial score (nSPS) is 10.4. The average molecular weight is 231 g/mol. The number of nitrogens with two attached hydrogens (primary N) is 1. The van der Waals surface area contributed by atoms with Crippen LogP contribution in [-0.4, -0.2) is 22.6 Å². The molecular formula is C12H13N3O2. The van der Waals surface area contributed by atoms with E-state index in [-0.39, 0.29) is 6.42 Å². The minimum Gasteiger partial charge on any atom is -0.481 e. The number of rotatable bonds is 4. The lowest BCUT2D eigenvalue weighted by atomic mass is 10.1. The lowest BCUT2D eigenvalue weighted by Gasteiger charge is -2.09. The van der Waals surface area contributed by atoms with Crippen LogP contribution in [0.15, 0.2) is 30.5 Å². The van der Waals surface area contributed by atoms with E-state index in [0.717, 1.165) is 10.8 Å². The van der Waals surface area contributed by atoms with Crippen molar-refractivity contribution in [2.45, 2.75) is 6.42 Å². The van der Waals surface area contributed by atoms with Gasteiger partial charge in [0.1, 0.15) is 5.82 Å². The molecule has 1 heterocycles. The predicted octanol–water partition coefficient (Wildman–Crippen LogP) is 1.70. The summed E-state index contributed by atoms with van der Waals surface area (Å²) >= 11 is 0. The van der Waals surface area contributed by atoms with Crippen LogP contribution in [0.1, 0.15) is 6.42 Å². The van der Waals surface area contributed by atoms with Crippen molar-refractivity contribution in [1.29, 1.82) is 0 Å². The van der Waals surface area contributed by atoms with Gasteiger partial charge in [-0.3, -0.25) is 4.79 Å². The molecule has 0 saturated heterocycles. The molecule has 88 valence electrons. The number of hydrogen-bond donors (Lipinski definition) is 3. The third-order valence-electron chi connectivity index (χ3n) is 2.45. The molecule has 17 heavy (non-hydrogen) atoms.